The van der Waals surface area contributed by atoms with Crippen molar-refractivity contribution in [2.45, 2.75) is 13.0 Å². The average Bonchev–Trinajstić information content (AvgIpc) is 2.77. The summed E-state index contributed by atoms with van der Waals surface area (Å²) in [5.41, 5.74) is 1.36. The number of halogens is 1. The van der Waals surface area contributed by atoms with Crippen LogP contribution >= 0.6 is 24.0 Å². The number of Topliss-reactive ketones (excluding diaryl/α,β-unsaturated/α-hetero) is 1. The Morgan fingerprint density at radius 1 is 1.00 bits per heavy atom. The van der Waals surface area contributed by atoms with Crippen molar-refractivity contribution in [2.75, 3.05) is 26.9 Å². The van der Waals surface area contributed by atoms with Gasteiger partial charge < -0.3 is 25.2 Å². The zero-order valence-corrected chi connectivity index (χ0v) is 20.0. The van der Waals surface area contributed by atoms with Gasteiger partial charge in [0.1, 0.15) is 11.6 Å². The summed E-state index contributed by atoms with van der Waals surface area (Å²) in [5.74, 6) is -1.24. The second-order valence-electron chi connectivity index (χ2n) is 6.64. The van der Waals surface area contributed by atoms with Crippen molar-refractivity contribution in [3.63, 3.8) is 0 Å². The molecule has 0 saturated carbocycles. The number of rotatable bonds is 11. The van der Waals surface area contributed by atoms with Crippen LogP contribution in [0.3, 0.4) is 0 Å². The molecule has 2 aromatic carbocycles. The van der Waals surface area contributed by atoms with E-state index in [0.29, 0.717) is 35.6 Å². The van der Waals surface area contributed by atoms with Crippen LogP contribution in [0.25, 0.3) is 0 Å². The predicted molar refractivity (Wildman–Crippen MR) is 129 cm³/mol. The molecule has 9 nitrogen and oxygen atoms in total. The highest BCUT2D eigenvalue weighted by Gasteiger charge is 2.18. The van der Waals surface area contributed by atoms with Gasteiger partial charge in [0.05, 0.1) is 12.6 Å². The van der Waals surface area contributed by atoms with Crippen molar-refractivity contribution in [1.82, 2.24) is 10.6 Å². The lowest BCUT2D eigenvalue weighted by molar-refractivity contribution is -0.139. The van der Waals surface area contributed by atoms with Gasteiger partial charge in [0.15, 0.2) is 12.4 Å². The number of carboxylic acid groups (broad SMARTS) is 1. The van der Waals surface area contributed by atoms with E-state index in [2.05, 4.69) is 10.6 Å². The molecule has 172 valence electrons. The summed E-state index contributed by atoms with van der Waals surface area (Å²) in [6.07, 6.45) is 0. The Balaban J connectivity index is 0.00000512. The van der Waals surface area contributed by atoms with Crippen LogP contribution in [0.4, 0.5) is 0 Å². The van der Waals surface area contributed by atoms with Crippen LogP contribution in [0.5, 0.6) is 5.75 Å². The maximum Gasteiger partial charge on any atom is 0.341 e. The van der Waals surface area contributed by atoms with E-state index in [4.69, 9.17) is 20.0 Å². The van der Waals surface area contributed by atoms with Crippen molar-refractivity contribution in [3.05, 3.63) is 65.2 Å². The van der Waals surface area contributed by atoms with Gasteiger partial charge in [0, 0.05) is 30.3 Å². The van der Waals surface area contributed by atoms with Crippen LogP contribution in [0.15, 0.2) is 48.5 Å². The molecule has 0 aliphatic heterocycles. The van der Waals surface area contributed by atoms with E-state index in [1.165, 1.54) is 24.3 Å². The molecule has 0 saturated heterocycles. The van der Waals surface area contributed by atoms with Gasteiger partial charge in [-0.25, -0.2) is 4.79 Å². The lowest BCUT2D eigenvalue weighted by atomic mass is 10.0. The standard InChI is InChI=1S/C22H25N3O6.HI/c1-14(20(28)15-7-9-18(10-8-15)31-13-19(26)27)25-22(29)17-5-3-16(4-6-17)21(23)24-11-12-30-2;/h3-10,14H,11-13H2,1-2H3,(H2,23,24)(H,25,29)(H,26,27);1H. The molecule has 1 unspecified atom stereocenters. The minimum absolute atomic E-state index is 0. The fourth-order valence-corrected chi connectivity index (χ4v) is 2.62. The zero-order valence-electron chi connectivity index (χ0n) is 17.7. The zero-order chi connectivity index (χ0) is 22.8. The van der Waals surface area contributed by atoms with Crippen LogP contribution in [0, 0.1) is 5.41 Å². The highest BCUT2D eigenvalue weighted by Crippen LogP contribution is 2.14. The quantitative estimate of drug-likeness (QED) is 0.110. The van der Waals surface area contributed by atoms with Crippen molar-refractivity contribution in [3.8, 4) is 5.75 Å². The maximum absolute atomic E-state index is 12.6. The van der Waals surface area contributed by atoms with Crippen molar-refractivity contribution < 1.29 is 29.0 Å². The number of amides is 1. The molecule has 1 atom stereocenters. The minimum Gasteiger partial charge on any atom is -0.482 e. The summed E-state index contributed by atoms with van der Waals surface area (Å²) in [6.45, 7) is 2.09. The third-order valence-corrected chi connectivity index (χ3v) is 4.29. The molecule has 32 heavy (non-hydrogen) atoms. The number of ether oxygens (including phenoxy) is 2. The van der Waals surface area contributed by atoms with Gasteiger partial charge in [-0.1, -0.05) is 12.1 Å². The minimum atomic E-state index is -1.09. The van der Waals surface area contributed by atoms with Gasteiger partial charge in [-0.15, -0.1) is 24.0 Å². The van der Waals surface area contributed by atoms with Gasteiger partial charge in [-0.05, 0) is 43.3 Å². The summed E-state index contributed by atoms with van der Waals surface area (Å²) in [7, 11) is 1.58. The third kappa shape index (κ3) is 8.27. The van der Waals surface area contributed by atoms with Gasteiger partial charge in [-0.2, -0.15) is 0 Å². The van der Waals surface area contributed by atoms with Crippen LogP contribution in [-0.4, -0.2) is 61.5 Å². The molecule has 0 aromatic heterocycles. The Morgan fingerprint density at radius 2 is 1.56 bits per heavy atom. The van der Waals surface area contributed by atoms with Crippen LogP contribution in [0.2, 0.25) is 0 Å². The monoisotopic (exact) mass is 555 g/mol. The normalized spacial score (nSPS) is 10.9. The fourth-order valence-electron chi connectivity index (χ4n) is 2.62. The Labute approximate surface area is 203 Å². The molecular formula is C22H26IN3O6. The van der Waals surface area contributed by atoms with E-state index in [1.807, 2.05) is 0 Å². The Hall–Kier alpha value is -2.99. The fraction of sp³-hybridized carbons (Fsp3) is 0.273. The van der Waals surface area contributed by atoms with Crippen LogP contribution in [0.1, 0.15) is 33.2 Å². The molecule has 2 rings (SSSR count). The predicted octanol–water partition coefficient (Wildman–Crippen LogP) is 2.33. The number of carbonyl (C=O) groups excluding carboxylic acids is 2. The number of benzene rings is 2. The lowest BCUT2D eigenvalue weighted by Gasteiger charge is -2.14. The molecule has 4 N–H and O–H groups in total. The average molecular weight is 555 g/mol. The first kappa shape index (κ1) is 27.0. The highest BCUT2D eigenvalue weighted by atomic mass is 127. The summed E-state index contributed by atoms with van der Waals surface area (Å²) in [4.78, 5) is 35.5. The first-order valence-corrected chi connectivity index (χ1v) is 9.53. The first-order valence-electron chi connectivity index (χ1n) is 9.53. The van der Waals surface area contributed by atoms with Crippen molar-refractivity contribution in [2.24, 2.45) is 0 Å². The van der Waals surface area contributed by atoms with E-state index in [1.54, 1.807) is 38.3 Å². The number of nitrogens with one attached hydrogen (secondary N) is 3. The SMILES string of the molecule is COCCNC(=N)c1ccc(C(=O)NC(C)C(=O)c2ccc(OCC(=O)O)cc2)cc1.I. The van der Waals surface area contributed by atoms with E-state index < -0.39 is 24.5 Å². The van der Waals surface area contributed by atoms with E-state index in [-0.39, 0.29) is 35.6 Å². The number of aliphatic carboxylic acids is 1. The number of ketones is 1. The molecule has 2 aromatic rings. The molecule has 0 heterocycles. The molecule has 0 aliphatic carbocycles. The van der Waals surface area contributed by atoms with Crippen molar-refractivity contribution in [1.29, 1.82) is 5.41 Å². The molecule has 0 radical (unpaired) electrons. The number of amidine groups is 1. The second kappa shape index (κ2) is 13.4. The molecule has 0 fully saturated rings. The van der Waals surface area contributed by atoms with Gasteiger partial charge in [-0.3, -0.25) is 15.0 Å². The Bertz CT molecular complexity index is 932. The molecular weight excluding hydrogens is 529 g/mol. The van der Waals surface area contributed by atoms with Crippen LogP contribution < -0.4 is 15.4 Å². The molecule has 1 amide bonds. The Kier molecular flexibility index (Phi) is 11.3. The third-order valence-electron chi connectivity index (χ3n) is 4.29. The highest BCUT2D eigenvalue weighted by molar-refractivity contribution is 14.0. The second-order valence-corrected chi connectivity index (χ2v) is 6.64. The van der Waals surface area contributed by atoms with Gasteiger partial charge in [0.2, 0.25) is 0 Å². The Morgan fingerprint density at radius 3 is 2.12 bits per heavy atom. The van der Waals surface area contributed by atoms with Crippen LogP contribution in [-0.2, 0) is 9.53 Å². The van der Waals surface area contributed by atoms with Crippen molar-refractivity contribution >= 4 is 47.5 Å². The number of methoxy groups -OCH3 is 1. The van der Waals surface area contributed by atoms with Gasteiger partial charge >= 0.3 is 5.97 Å². The lowest BCUT2D eigenvalue weighted by Crippen LogP contribution is -2.38. The molecule has 0 aliphatic rings. The molecule has 0 bridgehead atoms. The number of hydrogen-bond acceptors (Lipinski definition) is 6. The van der Waals surface area contributed by atoms with E-state index in [0.717, 1.165) is 0 Å². The maximum atomic E-state index is 12.6. The smallest absolute Gasteiger partial charge is 0.341 e. The van der Waals surface area contributed by atoms with Gasteiger partial charge in [0.25, 0.3) is 5.91 Å². The summed E-state index contributed by atoms with van der Waals surface area (Å²) < 4.78 is 9.96. The topological polar surface area (TPSA) is 138 Å². The number of hydrogen-bond donors (Lipinski definition) is 4. The first-order chi connectivity index (χ1) is 14.8. The summed E-state index contributed by atoms with van der Waals surface area (Å²) in [5, 5.41) is 22.1. The summed E-state index contributed by atoms with van der Waals surface area (Å²) >= 11 is 0. The molecule has 0 spiro atoms. The number of carbonyl (C=O) groups is 3. The largest absolute Gasteiger partial charge is 0.482 e. The summed E-state index contributed by atoms with van der Waals surface area (Å²) in [6, 6.07) is 11.7. The van der Waals surface area contributed by atoms with E-state index in [9.17, 15) is 14.4 Å². The van der Waals surface area contributed by atoms with E-state index >= 15 is 0 Å². The number of carboxylic acids is 1. The molecule has 10 heteroatoms.